The lowest BCUT2D eigenvalue weighted by atomic mass is 10.2. The summed E-state index contributed by atoms with van der Waals surface area (Å²) in [6, 6.07) is 0. The molecule has 5 heteroatoms. The summed E-state index contributed by atoms with van der Waals surface area (Å²) in [6.07, 6.45) is 4.72. The van der Waals surface area contributed by atoms with Crippen molar-refractivity contribution in [2.75, 3.05) is 26.4 Å². The maximum Gasteiger partial charge on any atom is 0.333 e. The molecule has 0 aromatic rings. The van der Waals surface area contributed by atoms with Gasteiger partial charge in [-0.05, 0) is 13.3 Å². The highest BCUT2D eigenvalue weighted by atomic mass is 16.6. The van der Waals surface area contributed by atoms with Crippen molar-refractivity contribution in [2.24, 2.45) is 0 Å². The molecule has 0 aliphatic carbocycles. The maximum absolute atomic E-state index is 11.3. The predicted octanol–water partition coefficient (Wildman–Crippen LogP) is 2.64. The number of unbranched alkanes of at least 4 members (excludes halogenated alkanes) is 3. The van der Waals surface area contributed by atoms with Crippen LogP contribution in [0.5, 0.6) is 0 Å². The highest BCUT2D eigenvalue weighted by Gasteiger charge is 2.03. The minimum Gasteiger partial charge on any atom is -0.463 e. The van der Waals surface area contributed by atoms with Crippen molar-refractivity contribution in [3.63, 3.8) is 0 Å². The van der Waals surface area contributed by atoms with Crippen molar-refractivity contribution in [3.05, 3.63) is 12.2 Å². The van der Waals surface area contributed by atoms with Crippen molar-refractivity contribution in [3.8, 4) is 0 Å². The molecule has 0 heterocycles. The predicted molar refractivity (Wildman–Crippen MR) is 76.3 cm³/mol. The highest BCUT2D eigenvalue weighted by molar-refractivity contribution is 5.86. The molecule has 0 atom stereocenters. The molecule has 116 valence electrons. The SMILES string of the molecule is C=C(C)C(=O)OCCOCCOC(=O)CCCCCC. The van der Waals surface area contributed by atoms with Gasteiger partial charge in [0.25, 0.3) is 0 Å². The van der Waals surface area contributed by atoms with Gasteiger partial charge in [-0.1, -0.05) is 32.8 Å². The number of hydrogen-bond acceptors (Lipinski definition) is 5. The Bertz CT molecular complexity index is 299. The topological polar surface area (TPSA) is 61.8 Å². The normalized spacial score (nSPS) is 10.1. The molecule has 0 rings (SSSR count). The van der Waals surface area contributed by atoms with Crippen LogP contribution >= 0.6 is 0 Å². The molecule has 0 radical (unpaired) electrons. The van der Waals surface area contributed by atoms with Gasteiger partial charge in [-0.3, -0.25) is 4.79 Å². The van der Waals surface area contributed by atoms with Crippen LogP contribution in [0.25, 0.3) is 0 Å². The zero-order valence-electron chi connectivity index (χ0n) is 12.6. The first kappa shape index (κ1) is 18.6. The van der Waals surface area contributed by atoms with E-state index in [2.05, 4.69) is 13.5 Å². The first-order chi connectivity index (χ1) is 9.57. The Morgan fingerprint density at radius 2 is 1.60 bits per heavy atom. The van der Waals surface area contributed by atoms with E-state index in [0.717, 1.165) is 25.7 Å². The summed E-state index contributed by atoms with van der Waals surface area (Å²) in [7, 11) is 0. The molecule has 0 saturated carbocycles. The van der Waals surface area contributed by atoms with Gasteiger partial charge in [0.1, 0.15) is 13.2 Å². The summed E-state index contributed by atoms with van der Waals surface area (Å²) in [5.41, 5.74) is 0.363. The number of rotatable bonds is 12. The molecule has 5 nitrogen and oxygen atoms in total. The average Bonchev–Trinajstić information content (AvgIpc) is 2.42. The fourth-order valence-corrected chi connectivity index (χ4v) is 1.40. The first-order valence-corrected chi connectivity index (χ1v) is 7.14. The van der Waals surface area contributed by atoms with Crippen molar-refractivity contribution in [1.29, 1.82) is 0 Å². The molecule has 0 N–H and O–H groups in total. The molecule has 0 unspecified atom stereocenters. The summed E-state index contributed by atoms with van der Waals surface area (Å²) in [5, 5.41) is 0. The van der Waals surface area contributed by atoms with Crippen LogP contribution in [-0.4, -0.2) is 38.4 Å². The number of esters is 2. The van der Waals surface area contributed by atoms with Gasteiger partial charge in [0.2, 0.25) is 0 Å². The number of carbonyl (C=O) groups excluding carboxylic acids is 2. The summed E-state index contributed by atoms with van der Waals surface area (Å²) in [6.45, 7) is 8.19. The van der Waals surface area contributed by atoms with Gasteiger partial charge < -0.3 is 14.2 Å². The van der Waals surface area contributed by atoms with Crippen LogP contribution in [0.15, 0.2) is 12.2 Å². The molecule has 0 aliphatic heterocycles. The summed E-state index contributed by atoms with van der Waals surface area (Å²) < 4.78 is 15.0. The third-order valence-corrected chi connectivity index (χ3v) is 2.53. The van der Waals surface area contributed by atoms with Gasteiger partial charge in [0.05, 0.1) is 13.2 Å². The van der Waals surface area contributed by atoms with E-state index in [1.165, 1.54) is 0 Å². The molecule has 0 bridgehead atoms. The highest BCUT2D eigenvalue weighted by Crippen LogP contribution is 2.03. The van der Waals surface area contributed by atoms with Crippen LogP contribution in [0.3, 0.4) is 0 Å². The van der Waals surface area contributed by atoms with E-state index in [9.17, 15) is 9.59 Å². The number of ether oxygens (including phenoxy) is 3. The third kappa shape index (κ3) is 11.7. The summed E-state index contributed by atoms with van der Waals surface area (Å²) in [5.74, 6) is -0.606. The van der Waals surface area contributed by atoms with E-state index in [-0.39, 0.29) is 25.8 Å². The molecule has 0 aromatic heterocycles. The van der Waals surface area contributed by atoms with Crippen LogP contribution in [0.2, 0.25) is 0 Å². The molecule has 0 aliphatic rings. The van der Waals surface area contributed by atoms with Gasteiger partial charge >= 0.3 is 11.9 Å². The van der Waals surface area contributed by atoms with Crippen LogP contribution in [0.4, 0.5) is 0 Å². The number of hydrogen-bond donors (Lipinski definition) is 0. The quantitative estimate of drug-likeness (QED) is 0.313. The van der Waals surface area contributed by atoms with Crippen LogP contribution in [-0.2, 0) is 23.8 Å². The minimum absolute atomic E-state index is 0.177. The minimum atomic E-state index is -0.424. The standard InChI is InChI=1S/C15H26O5/c1-4-5-6-7-8-14(16)19-11-9-18-10-12-20-15(17)13(2)3/h2,4-12H2,1,3H3. The van der Waals surface area contributed by atoms with Gasteiger partial charge in [-0.25, -0.2) is 4.79 Å². The molecule has 0 fully saturated rings. The van der Waals surface area contributed by atoms with Crippen LogP contribution < -0.4 is 0 Å². The van der Waals surface area contributed by atoms with Crippen molar-refractivity contribution in [1.82, 2.24) is 0 Å². The first-order valence-electron chi connectivity index (χ1n) is 7.14. The Kier molecular flexibility index (Phi) is 11.8. The molecule has 0 aromatic carbocycles. The summed E-state index contributed by atoms with van der Waals surface area (Å²) in [4.78, 5) is 22.3. The Labute approximate surface area is 121 Å². The van der Waals surface area contributed by atoms with Gasteiger partial charge in [-0.15, -0.1) is 0 Å². The van der Waals surface area contributed by atoms with Crippen molar-refractivity contribution in [2.45, 2.75) is 46.0 Å². The Hall–Kier alpha value is -1.36. The fourth-order valence-electron chi connectivity index (χ4n) is 1.40. The Morgan fingerprint density at radius 3 is 2.20 bits per heavy atom. The third-order valence-electron chi connectivity index (χ3n) is 2.53. The smallest absolute Gasteiger partial charge is 0.333 e. The average molecular weight is 286 g/mol. The van der Waals surface area contributed by atoms with E-state index in [0.29, 0.717) is 18.6 Å². The van der Waals surface area contributed by atoms with E-state index >= 15 is 0 Å². The molecule has 0 saturated heterocycles. The Balaban J connectivity index is 3.29. The maximum atomic E-state index is 11.3. The monoisotopic (exact) mass is 286 g/mol. The van der Waals surface area contributed by atoms with Gasteiger partial charge in [-0.2, -0.15) is 0 Å². The van der Waals surface area contributed by atoms with E-state index in [1.54, 1.807) is 6.92 Å². The van der Waals surface area contributed by atoms with Gasteiger partial charge in [0.15, 0.2) is 0 Å². The second kappa shape index (κ2) is 12.7. The molecular formula is C15H26O5. The van der Waals surface area contributed by atoms with E-state index < -0.39 is 5.97 Å². The van der Waals surface area contributed by atoms with Crippen molar-refractivity contribution >= 4 is 11.9 Å². The largest absolute Gasteiger partial charge is 0.463 e. The fraction of sp³-hybridized carbons (Fsp3) is 0.733. The molecule has 0 spiro atoms. The summed E-state index contributed by atoms with van der Waals surface area (Å²) >= 11 is 0. The zero-order chi connectivity index (χ0) is 15.2. The molecule has 20 heavy (non-hydrogen) atoms. The molecule has 0 amide bonds. The number of carbonyl (C=O) groups is 2. The van der Waals surface area contributed by atoms with Crippen molar-refractivity contribution < 1.29 is 23.8 Å². The second-order valence-electron chi connectivity index (χ2n) is 4.56. The zero-order valence-corrected chi connectivity index (χ0v) is 12.6. The van der Waals surface area contributed by atoms with Crippen LogP contribution in [0, 0.1) is 0 Å². The van der Waals surface area contributed by atoms with Crippen LogP contribution in [0.1, 0.15) is 46.0 Å². The van der Waals surface area contributed by atoms with E-state index in [4.69, 9.17) is 14.2 Å². The van der Waals surface area contributed by atoms with E-state index in [1.807, 2.05) is 0 Å². The lowest BCUT2D eigenvalue weighted by Gasteiger charge is -2.07. The Morgan fingerprint density at radius 1 is 0.950 bits per heavy atom. The lowest BCUT2D eigenvalue weighted by molar-refractivity contribution is -0.145. The second-order valence-corrected chi connectivity index (χ2v) is 4.56. The van der Waals surface area contributed by atoms with Gasteiger partial charge in [0, 0.05) is 12.0 Å². The lowest BCUT2D eigenvalue weighted by Crippen LogP contribution is -2.14. The molecular weight excluding hydrogens is 260 g/mol.